The molecule has 6 heteroatoms. The minimum Gasteiger partial charge on any atom is -0.368 e. The van der Waals surface area contributed by atoms with Crippen molar-refractivity contribution in [3.63, 3.8) is 0 Å². The Morgan fingerprint density at radius 3 is 2.35 bits per heavy atom. The lowest BCUT2D eigenvalue weighted by Gasteiger charge is -2.30. The van der Waals surface area contributed by atoms with Crippen LogP contribution >= 0.6 is 12.2 Å². The Balaban J connectivity index is 2.05. The van der Waals surface area contributed by atoms with Gasteiger partial charge in [-0.1, -0.05) is 95.4 Å². The lowest BCUT2D eigenvalue weighted by molar-refractivity contribution is -0.132. The summed E-state index contributed by atoms with van der Waals surface area (Å²) in [5.41, 5.74) is 1.20. The van der Waals surface area contributed by atoms with Crippen LogP contribution in [0.25, 0.3) is 0 Å². The van der Waals surface area contributed by atoms with E-state index in [0.717, 1.165) is 32.1 Å². The molecule has 0 aliphatic heterocycles. The van der Waals surface area contributed by atoms with Gasteiger partial charge in [-0.05, 0) is 43.1 Å². The summed E-state index contributed by atoms with van der Waals surface area (Å²) < 4.78 is 0. The second kappa shape index (κ2) is 15.0. The van der Waals surface area contributed by atoms with Crippen LogP contribution in [0.15, 0.2) is 30.3 Å². The molecule has 0 saturated heterocycles. The number of nitrogens with one attached hydrogen (secondary N) is 2. The zero-order valence-electron chi connectivity index (χ0n) is 21.1. The summed E-state index contributed by atoms with van der Waals surface area (Å²) >= 11 is 5.80. The van der Waals surface area contributed by atoms with E-state index in [9.17, 15) is 14.4 Å². The van der Waals surface area contributed by atoms with Crippen molar-refractivity contribution >= 4 is 35.2 Å². The molecule has 0 spiro atoms. The number of carbonyl (C=O) groups is 3. The fourth-order valence-corrected chi connectivity index (χ4v) is 5.25. The molecule has 1 aromatic rings. The highest BCUT2D eigenvalue weighted by Crippen LogP contribution is 2.28. The number of hydrogen-bond acceptors (Lipinski definition) is 4. The van der Waals surface area contributed by atoms with Gasteiger partial charge in [-0.3, -0.25) is 14.4 Å². The Labute approximate surface area is 210 Å². The topological polar surface area (TPSA) is 75.3 Å². The first-order valence-corrected chi connectivity index (χ1v) is 13.3. The maximum atomic E-state index is 13.2. The van der Waals surface area contributed by atoms with Gasteiger partial charge in [0.25, 0.3) is 0 Å². The zero-order valence-corrected chi connectivity index (χ0v) is 21.9. The van der Waals surface area contributed by atoms with Crippen molar-refractivity contribution < 1.29 is 14.4 Å². The fourth-order valence-electron chi connectivity index (χ4n) is 4.91. The second-order valence-corrected chi connectivity index (χ2v) is 10.8. The number of aldehydes is 1. The van der Waals surface area contributed by atoms with Gasteiger partial charge in [0, 0.05) is 18.4 Å². The Hall–Kier alpha value is -2.08. The van der Waals surface area contributed by atoms with Gasteiger partial charge in [-0.25, -0.2) is 0 Å². The third kappa shape index (κ3) is 10.0. The van der Waals surface area contributed by atoms with Gasteiger partial charge in [-0.2, -0.15) is 0 Å². The number of rotatable bonds is 14. The predicted molar refractivity (Wildman–Crippen MR) is 142 cm³/mol. The summed E-state index contributed by atoms with van der Waals surface area (Å²) in [5.74, 6) is 0.0864. The monoisotopic (exact) mass is 486 g/mol. The first-order valence-electron chi connectivity index (χ1n) is 12.9. The van der Waals surface area contributed by atoms with Crippen molar-refractivity contribution in [2.24, 2.45) is 23.7 Å². The molecule has 0 aromatic heterocycles. The first kappa shape index (κ1) is 28.2. The maximum Gasteiger partial charge on any atom is 0.242 e. The van der Waals surface area contributed by atoms with E-state index in [1.807, 2.05) is 18.2 Å². The Bertz CT molecular complexity index is 790. The molecule has 1 aliphatic carbocycles. The van der Waals surface area contributed by atoms with Crippen molar-refractivity contribution in [3.05, 3.63) is 35.9 Å². The van der Waals surface area contributed by atoms with E-state index in [-0.39, 0.29) is 23.8 Å². The lowest BCUT2D eigenvalue weighted by Crippen LogP contribution is -2.49. The lowest BCUT2D eigenvalue weighted by atomic mass is 9.84. The van der Waals surface area contributed by atoms with Crippen LogP contribution in [-0.2, 0) is 20.8 Å². The summed E-state index contributed by atoms with van der Waals surface area (Å²) in [5, 5.41) is 6.51. The minimum atomic E-state index is -0.394. The van der Waals surface area contributed by atoms with Crippen molar-refractivity contribution in [1.29, 1.82) is 0 Å². The summed E-state index contributed by atoms with van der Waals surface area (Å²) in [6, 6.07) is 9.76. The number of Topliss-reactive ketones (excluding diaryl/α,β-unsaturated/α-hetero) is 1. The van der Waals surface area contributed by atoms with Gasteiger partial charge in [0.15, 0.2) is 12.1 Å². The molecule has 1 aliphatic rings. The van der Waals surface area contributed by atoms with E-state index in [4.69, 9.17) is 12.2 Å². The van der Waals surface area contributed by atoms with Crippen LogP contribution in [0.5, 0.6) is 0 Å². The van der Waals surface area contributed by atoms with Crippen LogP contribution in [0.2, 0.25) is 0 Å². The molecule has 0 heterocycles. The SMILES string of the molecule is CC(C)CC(CC(C)C(=O)C=O)C(=S)N[C@@H](CC1CCCCC1)C(=O)NCCc1ccccc1. The molecule has 1 aromatic carbocycles. The normalized spacial score (nSPS) is 16.9. The van der Waals surface area contributed by atoms with Gasteiger partial charge in [0.2, 0.25) is 5.91 Å². The van der Waals surface area contributed by atoms with Crippen LogP contribution in [0.1, 0.15) is 77.7 Å². The largest absolute Gasteiger partial charge is 0.368 e. The van der Waals surface area contributed by atoms with E-state index in [2.05, 4.69) is 36.6 Å². The third-order valence-electron chi connectivity index (χ3n) is 6.85. The van der Waals surface area contributed by atoms with Gasteiger partial charge in [0.05, 0.1) is 4.99 Å². The first-order chi connectivity index (χ1) is 16.3. The highest BCUT2D eigenvalue weighted by molar-refractivity contribution is 7.80. The Morgan fingerprint density at radius 2 is 1.74 bits per heavy atom. The summed E-state index contributed by atoms with van der Waals surface area (Å²) in [6.07, 6.45) is 9.32. The summed E-state index contributed by atoms with van der Waals surface area (Å²) in [6.45, 7) is 6.61. The van der Waals surface area contributed by atoms with E-state index < -0.39 is 5.78 Å². The average Bonchev–Trinajstić information content (AvgIpc) is 2.83. The van der Waals surface area contributed by atoms with E-state index in [1.54, 1.807) is 6.92 Å². The van der Waals surface area contributed by atoms with Crippen molar-refractivity contribution in [2.75, 3.05) is 6.54 Å². The third-order valence-corrected chi connectivity index (χ3v) is 7.30. The Morgan fingerprint density at radius 1 is 1.06 bits per heavy atom. The van der Waals surface area contributed by atoms with E-state index >= 15 is 0 Å². The number of thiocarbonyl (C=S) groups is 1. The molecule has 2 rings (SSSR count). The average molecular weight is 487 g/mol. The van der Waals surface area contributed by atoms with E-state index in [0.29, 0.717) is 36.1 Å². The quantitative estimate of drug-likeness (QED) is 0.218. The van der Waals surface area contributed by atoms with Crippen LogP contribution in [-0.4, -0.2) is 35.6 Å². The Kier molecular flexibility index (Phi) is 12.4. The van der Waals surface area contributed by atoms with Crippen LogP contribution in [0, 0.1) is 23.7 Å². The smallest absolute Gasteiger partial charge is 0.242 e. The highest BCUT2D eigenvalue weighted by Gasteiger charge is 2.28. The second-order valence-electron chi connectivity index (χ2n) is 10.3. The van der Waals surface area contributed by atoms with Crippen LogP contribution in [0.3, 0.4) is 0 Å². The number of benzene rings is 1. The van der Waals surface area contributed by atoms with E-state index in [1.165, 1.54) is 24.8 Å². The van der Waals surface area contributed by atoms with Crippen LogP contribution in [0.4, 0.5) is 0 Å². The van der Waals surface area contributed by atoms with Gasteiger partial charge >= 0.3 is 0 Å². The molecule has 0 bridgehead atoms. The summed E-state index contributed by atoms with van der Waals surface area (Å²) in [4.78, 5) is 36.7. The molecule has 0 radical (unpaired) electrons. The molecular formula is C28H42N2O3S. The van der Waals surface area contributed by atoms with Crippen molar-refractivity contribution in [3.8, 4) is 0 Å². The molecule has 1 saturated carbocycles. The van der Waals surface area contributed by atoms with Gasteiger partial charge in [0.1, 0.15) is 6.04 Å². The fraction of sp³-hybridized carbons (Fsp3) is 0.643. The summed E-state index contributed by atoms with van der Waals surface area (Å²) in [7, 11) is 0. The molecule has 2 unspecified atom stereocenters. The maximum absolute atomic E-state index is 13.2. The molecule has 1 fully saturated rings. The molecule has 34 heavy (non-hydrogen) atoms. The number of carbonyl (C=O) groups excluding carboxylic acids is 3. The molecule has 1 amide bonds. The van der Waals surface area contributed by atoms with Gasteiger partial charge in [-0.15, -0.1) is 0 Å². The van der Waals surface area contributed by atoms with Crippen molar-refractivity contribution in [2.45, 2.75) is 84.6 Å². The van der Waals surface area contributed by atoms with Crippen molar-refractivity contribution in [1.82, 2.24) is 10.6 Å². The zero-order chi connectivity index (χ0) is 24.9. The number of ketones is 1. The molecular weight excluding hydrogens is 444 g/mol. The minimum absolute atomic E-state index is 0.0100. The number of amides is 1. The standard InChI is InChI=1S/C28H42N2O3S/c1-20(2)16-24(17-21(3)26(32)19-31)28(34)30-25(18-23-12-8-5-9-13-23)27(33)29-15-14-22-10-6-4-7-11-22/h4,6-7,10-11,19-21,23-25H,5,8-9,12-18H2,1-3H3,(H,29,33)(H,30,34)/t21?,24?,25-/m0/s1. The molecule has 3 atom stereocenters. The number of hydrogen-bond donors (Lipinski definition) is 2. The molecule has 2 N–H and O–H groups in total. The van der Waals surface area contributed by atoms with Gasteiger partial charge < -0.3 is 10.6 Å². The molecule has 5 nitrogen and oxygen atoms in total. The predicted octanol–water partition coefficient (Wildman–Crippen LogP) is 5.06. The highest BCUT2D eigenvalue weighted by atomic mass is 32.1. The van der Waals surface area contributed by atoms with Crippen LogP contribution < -0.4 is 10.6 Å². The molecule has 188 valence electrons.